The molecule has 0 saturated heterocycles. The molecule has 0 bridgehead atoms. The minimum absolute atomic E-state index is 0.00836. The summed E-state index contributed by atoms with van der Waals surface area (Å²) in [5.41, 5.74) is 22.0. The second-order valence-electron chi connectivity index (χ2n) is 18.5. The summed E-state index contributed by atoms with van der Waals surface area (Å²) in [6, 6.07) is 71.3. The van der Waals surface area contributed by atoms with Gasteiger partial charge in [-0.15, -0.1) is 0 Å². The molecule has 0 amide bonds. The van der Waals surface area contributed by atoms with Crippen molar-refractivity contribution >= 4 is 0 Å². The summed E-state index contributed by atoms with van der Waals surface area (Å²) in [5, 5.41) is 0. The Kier molecular flexibility index (Phi) is 8.36. The highest BCUT2D eigenvalue weighted by Crippen LogP contribution is 2.65. The normalized spacial score (nSPS) is 13.6. The summed E-state index contributed by atoms with van der Waals surface area (Å²) in [7, 11) is 0. The summed E-state index contributed by atoms with van der Waals surface area (Å²) in [6.45, 7) is 14.1. The van der Waals surface area contributed by atoms with Crippen molar-refractivity contribution in [2.75, 3.05) is 0 Å². The molecule has 0 heteroatoms. The van der Waals surface area contributed by atoms with Crippen LogP contribution in [0.15, 0.2) is 188 Å². The van der Waals surface area contributed by atoms with Gasteiger partial charge in [-0.1, -0.05) is 230 Å². The maximum atomic E-state index is 2.56. The van der Waals surface area contributed by atoms with Crippen molar-refractivity contribution < 1.29 is 0 Å². The molecule has 0 N–H and O–H groups in total. The molecule has 282 valence electrons. The molecule has 0 fully saturated rings. The highest BCUT2D eigenvalue weighted by molar-refractivity contribution is 5.96. The molecule has 2 aliphatic rings. The SMILES string of the molecule is CC(C)(C)c1ccc2c(c1)C1(c3cc(C(C)(C)C)ccc3-2)c2ccccc2-c2cccc(C(c3ccc(-c4ccccc4)cc3)c3ccc(-c4ccccc4)cc3)c21. The minimum atomic E-state index is -0.498. The van der Waals surface area contributed by atoms with Crippen LogP contribution < -0.4 is 0 Å². The molecule has 0 unspecified atom stereocenters. The third kappa shape index (κ3) is 5.65. The van der Waals surface area contributed by atoms with Gasteiger partial charge in [0, 0.05) is 5.92 Å². The van der Waals surface area contributed by atoms with Crippen molar-refractivity contribution in [1.82, 2.24) is 0 Å². The highest BCUT2D eigenvalue weighted by Gasteiger charge is 2.53. The van der Waals surface area contributed by atoms with Gasteiger partial charge in [-0.2, -0.15) is 0 Å². The van der Waals surface area contributed by atoms with Crippen molar-refractivity contribution in [2.45, 2.75) is 63.7 Å². The lowest BCUT2D eigenvalue weighted by Gasteiger charge is -2.35. The minimum Gasteiger partial charge on any atom is -0.0622 e. The largest absolute Gasteiger partial charge is 0.0728 e. The first kappa shape index (κ1) is 36.1. The van der Waals surface area contributed by atoms with Gasteiger partial charge >= 0.3 is 0 Å². The van der Waals surface area contributed by atoms with Crippen LogP contribution >= 0.6 is 0 Å². The standard InChI is InChI=1S/C58H50/c1-56(2,3)44-32-34-47-48-35-33-45(57(4,5)6)37-53(48)58(52(47)36-44)51-23-14-13-20-46(51)49-21-15-22-50(55(49)58)54(42-28-24-40(25-29-42)38-16-9-7-10-17-38)43-30-26-41(27-31-43)39-18-11-8-12-19-39/h7-37,54H,1-6H3. The van der Waals surface area contributed by atoms with E-state index in [1.807, 2.05) is 0 Å². The quantitative estimate of drug-likeness (QED) is 0.154. The molecule has 0 aromatic heterocycles. The van der Waals surface area contributed by atoms with Crippen LogP contribution in [0.5, 0.6) is 0 Å². The molecular formula is C58H50. The average molecular weight is 747 g/mol. The molecule has 0 radical (unpaired) electrons. The zero-order chi connectivity index (χ0) is 39.8. The fraction of sp³-hybridized carbons (Fsp3) is 0.172. The molecule has 0 aliphatic heterocycles. The Morgan fingerprint density at radius 1 is 0.345 bits per heavy atom. The van der Waals surface area contributed by atoms with Crippen molar-refractivity contribution in [3.05, 3.63) is 238 Å². The van der Waals surface area contributed by atoms with Crippen LogP contribution in [0, 0.1) is 0 Å². The van der Waals surface area contributed by atoms with Gasteiger partial charge in [0.1, 0.15) is 0 Å². The lowest BCUT2D eigenvalue weighted by molar-refractivity contribution is 0.586. The summed E-state index contributed by atoms with van der Waals surface area (Å²) >= 11 is 0. The molecule has 0 heterocycles. The van der Waals surface area contributed by atoms with Crippen molar-refractivity contribution in [3.63, 3.8) is 0 Å². The predicted octanol–water partition coefficient (Wildman–Crippen LogP) is 15.1. The summed E-state index contributed by atoms with van der Waals surface area (Å²) in [5.74, 6) is -0.0140. The maximum absolute atomic E-state index is 2.56. The van der Waals surface area contributed by atoms with E-state index in [0.717, 1.165) is 0 Å². The smallest absolute Gasteiger partial charge is 0.0622 e. The number of hydrogen-bond acceptors (Lipinski definition) is 0. The summed E-state index contributed by atoms with van der Waals surface area (Å²) in [4.78, 5) is 0. The third-order valence-electron chi connectivity index (χ3n) is 13.0. The Bertz CT molecular complexity index is 2660. The summed E-state index contributed by atoms with van der Waals surface area (Å²) in [6.07, 6.45) is 0. The zero-order valence-electron chi connectivity index (χ0n) is 34.5. The molecule has 2 aliphatic carbocycles. The first-order valence-corrected chi connectivity index (χ1v) is 20.9. The molecule has 10 rings (SSSR count). The maximum Gasteiger partial charge on any atom is 0.0728 e. The Morgan fingerprint density at radius 2 is 0.759 bits per heavy atom. The van der Waals surface area contributed by atoms with Gasteiger partial charge in [0.2, 0.25) is 0 Å². The van der Waals surface area contributed by atoms with Gasteiger partial charge in [-0.25, -0.2) is 0 Å². The predicted molar refractivity (Wildman–Crippen MR) is 245 cm³/mol. The molecular weight excluding hydrogens is 697 g/mol. The Morgan fingerprint density at radius 3 is 1.24 bits per heavy atom. The second-order valence-corrected chi connectivity index (χ2v) is 18.5. The first-order chi connectivity index (χ1) is 28.0. The van der Waals surface area contributed by atoms with Crippen molar-refractivity contribution in [3.8, 4) is 44.5 Å². The van der Waals surface area contributed by atoms with E-state index in [2.05, 4.69) is 230 Å². The van der Waals surface area contributed by atoms with E-state index in [4.69, 9.17) is 0 Å². The van der Waals surface area contributed by atoms with Crippen LogP contribution in [0.2, 0.25) is 0 Å². The van der Waals surface area contributed by atoms with Gasteiger partial charge in [0.05, 0.1) is 5.41 Å². The number of rotatable bonds is 5. The molecule has 0 saturated carbocycles. The van der Waals surface area contributed by atoms with Gasteiger partial charge in [0.25, 0.3) is 0 Å². The van der Waals surface area contributed by atoms with E-state index in [1.54, 1.807) is 0 Å². The fourth-order valence-electron chi connectivity index (χ4n) is 10.00. The zero-order valence-corrected chi connectivity index (χ0v) is 34.5. The van der Waals surface area contributed by atoms with Crippen LogP contribution in [0.25, 0.3) is 44.5 Å². The van der Waals surface area contributed by atoms with E-state index < -0.39 is 5.41 Å². The second kappa shape index (κ2) is 13.4. The molecule has 8 aromatic carbocycles. The third-order valence-corrected chi connectivity index (χ3v) is 13.0. The topological polar surface area (TPSA) is 0 Å². The van der Waals surface area contributed by atoms with Crippen LogP contribution in [0.1, 0.15) is 97.5 Å². The van der Waals surface area contributed by atoms with Crippen molar-refractivity contribution in [1.29, 1.82) is 0 Å². The van der Waals surface area contributed by atoms with Crippen molar-refractivity contribution in [2.24, 2.45) is 0 Å². The van der Waals surface area contributed by atoms with Gasteiger partial charge in [0.15, 0.2) is 0 Å². The molecule has 0 atom stereocenters. The van der Waals surface area contributed by atoms with E-state index in [-0.39, 0.29) is 16.7 Å². The van der Waals surface area contributed by atoms with Crippen LogP contribution in [0.3, 0.4) is 0 Å². The lowest BCUT2D eigenvalue weighted by Crippen LogP contribution is -2.29. The summed E-state index contributed by atoms with van der Waals surface area (Å²) < 4.78 is 0. The molecule has 58 heavy (non-hydrogen) atoms. The number of fused-ring (bicyclic) bond motifs is 10. The fourth-order valence-corrected chi connectivity index (χ4v) is 10.00. The Balaban J connectivity index is 1.28. The number of benzene rings is 8. The van der Waals surface area contributed by atoms with Crippen LogP contribution in [-0.2, 0) is 16.2 Å². The highest BCUT2D eigenvalue weighted by atomic mass is 14.5. The Hall–Kier alpha value is -6.24. The first-order valence-electron chi connectivity index (χ1n) is 20.9. The number of hydrogen-bond donors (Lipinski definition) is 0. The Labute approximate surface area is 344 Å². The van der Waals surface area contributed by atoms with Crippen LogP contribution in [0.4, 0.5) is 0 Å². The van der Waals surface area contributed by atoms with E-state index in [9.17, 15) is 0 Å². The molecule has 0 nitrogen and oxygen atoms in total. The van der Waals surface area contributed by atoms with Gasteiger partial charge in [-0.05, 0) is 105 Å². The molecule has 8 aromatic rings. The van der Waals surface area contributed by atoms with Gasteiger partial charge < -0.3 is 0 Å². The average Bonchev–Trinajstić information content (AvgIpc) is 3.71. The van der Waals surface area contributed by atoms with E-state index >= 15 is 0 Å². The lowest BCUT2D eigenvalue weighted by atomic mass is 9.66. The van der Waals surface area contributed by atoms with E-state index in [1.165, 1.54) is 94.6 Å². The monoisotopic (exact) mass is 746 g/mol. The van der Waals surface area contributed by atoms with E-state index in [0.29, 0.717) is 0 Å². The molecule has 1 spiro atoms. The van der Waals surface area contributed by atoms with Gasteiger partial charge in [-0.3, -0.25) is 0 Å². The van der Waals surface area contributed by atoms with Crippen LogP contribution in [-0.4, -0.2) is 0 Å².